The van der Waals surface area contributed by atoms with Crippen LogP contribution < -0.4 is 15.6 Å². The van der Waals surface area contributed by atoms with E-state index < -0.39 is 0 Å². The van der Waals surface area contributed by atoms with E-state index in [1.807, 2.05) is 45.9 Å². The molecule has 2 heterocycles. The predicted molar refractivity (Wildman–Crippen MR) is 108 cm³/mol. The molecule has 3 rings (SSSR count). The number of carbonyl (C=O) groups is 1. The van der Waals surface area contributed by atoms with Gasteiger partial charge in [-0.05, 0) is 44.4 Å². The van der Waals surface area contributed by atoms with Crippen molar-refractivity contribution in [1.29, 1.82) is 0 Å². The number of thiophene rings is 1. The van der Waals surface area contributed by atoms with Crippen LogP contribution in [0, 0.1) is 27.7 Å². The monoisotopic (exact) mass is 385 g/mol. The summed E-state index contributed by atoms with van der Waals surface area (Å²) in [6, 6.07) is 5.97. The van der Waals surface area contributed by atoms with E-state index >= 15 is 0 Å². The van der Waals surface area contributed by atoms with Crippen molar-refractivity contribution >= 4 is 27.5 Å². The number of aromatic nitrogens is 2. The Hall–Kier alpha value is -2.67. The molecule has 0 spiro atoms. The third-order valence-corrected chi connectivity index (χ3v) is 5.66. The zero-order chi connectivity index (χ0) is 19.6. The van der Waals surface area contributed by atoms with Gasteiger partial charge in [-0.2, -0.15) is 0 Å². The van der Waals surface area contributed by atoms with E-state index in [9.17, 15) is 9.59 Å². The van der Waals surface area contributed by atoms with Gasteiger partial charge in [-0.15, -0.1) is 11.3 Å². The van der Waals surface area contributed by atoms with E-state index in [1.165, 1.54) is 22.2 Å². The lowest BCUT2D eigenvalue weighted by Gasteiger charge is -2.12. The minimum atomic E-state index is -0.243. The second kappa shape index (κ2) is 7.92. The highest BCUT2D eigenvalue weighted by atomic mass is 32.1. The van der Waals surface area contributed by atoms with E-state index in [0.717, 1.165) is 27.3 Å². The molecule has 142 valence electrons. The average Bonchev–Trinajstić information content (AvgIpc) is 2.91. The lowest BCUT2D eigenvalue weighted by molar-refractivity contribution is -0.121. The number of benzene rings is 1. The molecule has 0 unspecified atom stereocenters. The highest BCUT2D eigenvalue weighted by Crippen LogP contribution is 2.25. The summed E-state index contributed by atoms with van der Waals surface area (Å²) >= 11 is 1.50. The third-order valence-electron chi connectivity index (χ3n) is 4.55. The van der Waals surface area contributed by atoms with Gasteiger partial charge >= 0.3 is 0 Å². The van der Waals surface area contributed by atoms with E-state index in [-0.39, 0.29) is 18.0 Å². The molecule has 0 aliphatic heterocycles. The van der Waals surface area contributed by atoms with Crippen molar-refractivity contribution in [2.45, 2.75) is 34.2 Å². The van der Waals surface area contributed by atoms with Crippen LogP contribution in [-0.4, -0.2) is 28.6 Å². The summed E-state index contributed by atoms with van der Waals surface area (Å²) in [6.07, 6.45) is 1.44. The maximum atomic E-state index is 12.6. The first kappa shape index (κ1) is 19.1. The van der Waals surface area contributed by atoms with Gasteiger partial charge in [0.05, 0.1) is 18.3 Å². The van der Waals surface area contributed by atoms with Crippen LogP contribution in [0.15, 0.2) is 29.3 Å². The van der Waals surface area contributed by atoms with Gasteiger partial charge in [-0.1, -0.05) is 18.2 Å². The molecular formula is C20H23N3O3S. The molecule has 0 atom stereocenters. The lowest BCUT2D eigenvalue weighted by atomic mass is 10.1. The number of para-hydroxylation sites is 1. The van der Waals surface area contributed by atoms with Crippen LogP contribution in [0.2, 0.25) is 0 Å². The fourth-order valence-corrected chi connectivity index (χ4v) is 3.95. The Balaban J connectivity index is 1.58. The fraction of sp³-hybridized carbons (Fsp3) is 0.350. The highest BCUT2D eigenvalue weighted by molar-refractivity contribution is 7.18. The van der Waals surface area contributed by atoms with Gasteiger partial charge in [0, 0.05) is 4.88 Å². The number of nitrogens with zero attached hydrogens (tertiary/aromatic N) is 2. The van der Waals surface area contributed by atoms with Crippen molar-refractivity contribution in [3.63, 3.8) is 0 Å². The molecule has 7 heteroatoms. The van der Waals surface area contributed by atoms with Crippen molar-refractivity contribution in [3.8, 4) is 5.75 Å². The van der Waals surface area contributed by atoms with Gasteiger partial charge in [-0.3, -0.25) is 14.2 Å². The van der Waals surface area contributed by atoms with Gasteiger partial charge in [-0.25, -0.2) is 4.98 Å². The fourth-order valence-electron chi connectivity index (χ4n) is 2.96. The van der Waals surface area contributed by atoms with E-state index in [4.69, 9.17) is 4.74 Å². The first-order chi connectivity index (χ1) is 12.9. The Morgan fingerprint density at radius 2 is 1.93 bits per heavy atom. The standard InChI is InChI=1S/C20H23N3O3S/c1-12-6-5-7-13(2)18(12)26-9-8-21-16(24)10-23-11-22-19-17(20(23)25)14(3)15(4)27-19/h5-7,11H,8-10H2,1-4H3,(H,21,24). The molecule has 1 N–H and O–H groups in total. The highest BCUT2D eigenvalue weighted by Gasteiger charge is 2.13. The number of aryl methyl sites for hydroxylation is 4. The molecule has 1 amide bonds. The molecule has 0 aliphatic carbocycles. The summed E-state index contributed by atoms with van der Waals surface area (Å²) in [5.74, 6) is 0.605. The molecule has 3 aromatic rings. The van der Waals surface area contributed by atoms with Crippen molar-refractivity contribution in [1.82, 2.24) is 14.9 Å². The van der Waals surface area contributed by atoms with Gasteiger partial charge < -0.3 is 10.1 Å². The molecule has 0 aliphatic rings. The van der Waals surface area contributed by atoms with E-state index in [1.54, 1.807) is 0 Å². The second-order valence-electron chi connectivity index (χ2n) is 6.56. The largest absolute Gasteiger partial charge is 0.491 e. The molecule has 6 nitrogen and oxygen atoms in total. The van der Waals surface area contributed by atoms with Crippen molar-refractivity contribution in [3.05, 3.63) is 56.4 Å². The van der Waals surface area contributed by atoms with Crippen LogP contribution in [-0.2, 0) is 11.3 Å². The first-order valence-electron chi connectivity index (χ1n) is 8.79. The minimum Gasteiger partial charge on any atom is -0.491 e. The number of rotatable bonds is 6. The molecule has 0 bridgehead atoms. The number of ether oxygens (including phenoxy) is 1. The smallest absolute Gasteiger partial charge is 0.262 e. The van der Waals surface area contributed by atoms with Crippen LogP contribution >= 0.6 is 11.3 Å². The van der Waals surface area contributed by atoms with Crippen LogP contribution in [0.5, 0.6) is 5.75 Å². The first-order valence-corrected chi connectivity index (χ1v) is 9.61. The van der Waals surface area contributed by atoms with Gasteiger partial charge in [0.15, 0.2) is 0 Å². The maximum absolute atomic E-state index is 12.6. The van der Waals surface area contributed by atoms with Crippen molar-refractivity contribution < 1.29 is 9.53 Å². The summed E-state index contributed by atoms with van der Waals surface area (Å²) in [6.45, 7) is 8.54. The number of amides is 1. The number of hydrogen-bond acceptors (Lipinski definition) is 5. The Labute approximate surface area is 161 Å². The van der Waals surface area contributed by atoms with Crippen molar-refractivity contribution in [2.24, 2.45) is 0 Å². The molecule has 0 saturated heterocycles. The number of carbonyl (C=O) groups excluding carboxylic acids is 1. The SMILES string of the molecule is Cc1cccc(C)c1OCCNC(=O)Cn1cnc2sc(C)c(C)c2c1=O. The molecule has 2 aromatic heterocycles. The Morgan fingerprint density at radius 1 is 1.22 bits per heavy atom. The lowest BCUT2D eigenvalue weighted by Crippen LogP contribution is -2.34. The van der Waals surface area contributed by atoms with Gasteiger partial charge in [0.2, 0.25) is 5.91 Å². The summed E-state index contributed by atoms with van der Waals surface area (Å²) in [5.41, 5.74) is 2.88. The molecule has 27 heavy (non-hydrogen) atoms. The summed E-state index contributed by atoms with van der Waals surface area (Å²) in [4.78, 5) is 30.9. The molecule has 0 radical (unpaired) electrons. The maximum Gasteiger partial charge on any atom is 0.262 e. The van der Waals surface area contributed by atoms with Gasteiger partial charge in [0.25, 0.3) is 5.56 Å². The summed E-state index contributed by atoms with van der Waals surface area (Å²) in [5, 5.41) is 3.39. The Kier molecular flexibility index (Phi) is 5.60. The van der Waals surface area contributed by atoms with Crippen LogP contribution in [0.1, 0.15) is 21.6 Å². The van der Waals surface area contributed by atoms with Crippen LogP contribution in [0.3, 0.4) is 0 Å². The predicted octanol–water partition coefficient (Wildman–Crippen LogP) is 2.89. The summed E-state index contributed by atoms with van der Waals surface area (Å²) < 4.78 is 7.12. The quantitative estimate of drug-likeness (QED) is 0.662. The molecule has 1 aromatic carbocycles. The zero-order valence-corrected chi connectivity index (χ0v) is 16.8. The van der Waals surface area contributed by atoms with E-state index in [0.29, 0.717) is 23.4 Å². The Morgan fingerprint density at radius 3 is 2.63 bits per heavy atom. The zero-order valence-electron chi connectivity index (χ0n) is 16.0. The van der Waals surface area contributed by atoms with Gasteiger partial charge in [0.1, 0.15) is 23.7 Å². The number of fused-ring (bicyclic) bond motifs is 1. The second-order valence-corrected chi connectivity index (χ2v) is 7.76. The van der Waals surface area contributed by atoms with Crippen molar-refractivity contribution in [2.75, 3.05) is 13.2 Å². The number of nitrogens with one attached hydrogen (secondary N) is 1. The molecule has 0 saturated carbocycles. The van der Waals surface area contributed by atoms with Crippen LogP contribution in [0.25, 0.3) is 10.2 Å². The average molecular weight is 385 g/mol. The third kappa shape index (κ3) is 4.03. The summed E-state index contributed by atoms with van der Waals surface area (Å²) in [7, 11) is 0. The Bertz CT molecular complexity index is 1030. The molecule has 0 fully saturated rings. The van der Waals surface area contributed by atoms with E-state index in [2.05, 4.69) is 10.3 Å². The van der Waals surface area contributed by atoms with Crippen LogP contribution in [0.4, 0.5) is 0 Å². The molecular weight excluding hydrogens is 362 g/mol. The number of hydrogen-bond donors (Lipinski definition) is 1. The normalized spacial score (nSPS) is 11.0. The minimum absolute atomic E-state index is 0.0561. The topological polar surface area (TPSA) is 73.2 Å².